The van der Waals surface area contributed by atoms with Gasteiger partial charge >= 0.3 is 0 Å². The van der Waals surface area contributed by atoms with Crippen molar-refractivity contribution in [3.63, 3.8) is 0 Å². The van der Waals surface area contributed by atoms with Crippen LogP contribution in [0.5, 0.6) is 0 Å². The van der Waals surface area contributed by atoms with Crippen molar-refractivity contribution in [3.8, 4) is 11.3 Å². The first-order chi connectivity index (χ1) is 12.8. The average Bonchev–Trinajstić information content (AvgIpc) is 2.70. The molecule has 0 unspecified atom stereocenters. The zero-order chi connectivity index (χ0) is 17.8. The van der Waals surface area contributed by atoms with Crippen LogP contribution in [0.3, 0.4) is 0 Å². The number of nitrogens with zero attached hydrogens (tertiary/aromatic N) is 2. The number of halogens is 1. The molecule has 1 aromatic heterocycles. The molecule has 0 aliphatic heterocycles. The van der Waals surface area contributed by atoms with E-state index < -0.39 is 5.95 Å². The first kappa shape index (κ1) is 16.0. The second-order valence-electron chi connectivity index (χ2n) is 5.90. The van der Waals surface area contributed by atoms with Gasteiger partial charge in [0.15, 0.2) is 0 Å². The van der Waals surface area contributed by atoms with E-state index in [4.69, 9.17) is 0 Å². The van der Waals surface area contributed by atoms with Crippen molar-refractivity contribution >= 4 is 17.1 Å². The third-order valence-corrected chi connectivity index (χ3v) is 4.17. The molecule has 0 fully saturated rings. The third-order valence-electron chi connectivity index (χ3n) is 4.17. The van der Waals surface area contributed by atoms with Crippen LogP contribution in [0.25, 0.3) is 11.3 Å². The summed E-state index contributed by atoms with van der Waals surface area (Å²) < 4.78 is 13.4. The summed E-state index contributed by atoms with van der Waals surface area (Å²) in [6, 6.07) is 33.3. The van der Waals surface area contributed by atoms with Crippen LogP contribution in [-0.4, -0.2) is 4.98 Å². The maximum Gasteiger partial charge on any atom is 0.213 e. The Morgan fingerprint density at radius 3 is 1.62 bits per heavy atom. The Morgan fingerprint density at radius 1 is 0.538 bits per heavy atom. The topological polar surface area (TPSA) is 16.1 Å². The smallest absolute Gasteiger partial charge is 0.213 e. The summed E-state index contributed by atoms with van der Waals surface area (Å²) in [5.74, 6) is -0.471. The van der Waals surface area contributed by atoms with Gasteiger partial charge in [0.2, 0.25) is 5.95 Å². The molecule has 26 heavy (non-hydrogen) atoms. The van der Waals surface area contributed by atoms with Crippen LogP contribution in [-0.2, 0) is 0 Å². The highest BCUT2D eigenvalue weighted by Crippen LogP contribution is 2.34. The van der Waals surface area contributed by atoms with Crippen molar-refractivity contribution in [2.24, 2.45) is 0 Å². The van der Waals surface area contributed by atoms with E-state index in [2.05, 4.69) is 34.1 Å². The Hall–Kier alpha value is -3.46. The van der Waals surface area contributed by atoms with Crippen molar-refractivity contribution in [2.75, 3.05) is 4.90 Å². The molecule has 0 amide bonds. The van der Waals surface area contributed by atoms with Crippen LogP contribution in [0.4, 0.5) is 21.5 Å². The molecule has 0 saturated carbocycles. The third kappa shape index (κ3) is 3.33. The van der Waals surface area contributed by atoms with E-state index >= 15 is 0 Å². The largest absolute Gasteiger partial charge is 0.311 e. The molecule has 3 heteroatoms. The van der Waals surface area contributed by atoms with Crippen molar-refractivity contribution in [1.29, 1.82) is 0 Å². The van der Waals surface area contributed by atoms with Gasteiger partial charge in [-0.3, -0.25) is 0 Å². The molecule has 0 spiro atoms. The number of pyridine rings is 1. The molecule has 0 aliphatic carbocycles. The van der Waals surface area contributed by atoms with Gasteiger partial charge in [-0.2, -0.15) is 4.39 Å². The number of para-hydroxylation sites is 2. The summed E-state index contributed by atoms with van der Waals surface area (Å²) in [6.45, 7) is 0. The average molecular weight is 340 g/mol. The van der Waals surface area contributed by atoms with Gasteiger partial charge in [0.05, 0.1) is 5.69 Å². The van der Waals surface area contributed by atoms with Crippen LogP contribution >= 0.6 is 0 Å². The summed E-state index contributed by atoms with van der Waals surface area (Å²) in [7, 11) is 0. The first-order valence-electron chi connectivity index (χ1n) is 8.44. The van der Waals surface area contributed by atoms with Gasteiger partial charge in [0.1, 0.15) is 0 Å². The monoisotopic (exact) mass is 340 g/mol. The fourth-order valence-corrected chi connectivity index (χ4v) is 2.95. The van der Waals surface area contributed by atoms with Crippen molar-refractivity contribution in [3.05, 3.63) is 109 Å². The van der Waals surface area contributed by atoms with Crippen molar-refractivity contribution < 1.29 is 4.39 Å². The van der Waals surface area contributed by atoms with E-state index in [1.807, 2.05) is 66.7 Å². The molecule has 0 radical (unpaired) electrons. The minimum absolute atomic E-state index is 0.471. The highest BCUT2D eigenvalue weighted by atomic mass is 19.1. The summed E-state index contributed by atoms with van der Waals surface area (Å²) >= 11 is 0. The maximum atomic E-state index is 13.4. The Labute approximate surface area is 152 Å². The molecule has 4 rings (SSSR count). The van der Waals surface area contributed by atoms with Gasteiger partial charge in [-0.05, 0) is 48.5 Å². The first-order valence-corrected chi connectivity index (χ1v) is 8.44. The fourth-order valence-electron chi connectivity index (χ4n) is 2.95. The van der Waals surface area contributed by atoms with Crippen LogP contribution in [0, 0.1) is 5.95 Å². The zero-order valence-electron chi connectivity index (χ0n) is 14.1. The zero-order valence-corrected chi connectivity index (χ0v) is 14.1. The molecule has 4 aromatic rings. The maximum absolute atomic E-state index is 13.4. The molecule has 126 valence electrons. The van der Waals surface area contributed by atoms with E-state index in [0.29, 0.717) is 5.69 Å². The van der Waals surface area contributed by atoms with E-state index in [1.54, 1.807) is 6.07 Å². The summed E-state index contributed by atoms with van der Waals surface area (Å²) in [4.78, 5) is 6.14. The number of rotatable bonds is 4. The molecule has 2 nitrogen and oxygen atoms in total. The van der Waals surface area contributed by atoms with E-state index in [1.165, 1.54) is 6.07 Å². The second kappa shape index (κ2) is 7.19. The molecular weight excluding hydrogens is 323 g/mol. The lowest BCUT2D eigenvalue weighted by Gasteiger charge is -2.25. The predicted molar refractivity (Wildman–Crippen MR) is 104 cm³/mol. The molecule has 1 heterocycles. The van der Waals surface area contributed by atoms with Crippen LogP contribution in [0.1, 0.15) is 0 Å². The molecular formula is C23H17FN2. The second-order valence-corrected chi connectivity index (χ2v) is 5.90. The fraction of sp³-hybridized carbons (Fsp3) is 0. The SMILES string of the molecule is Fc1cccc(-c2ccc(N(c3ccccc3)c3ccccc3)cc2)n1. The Balaban J connectivity index is 1.75. The quantitative estimate of drug-likeness (QED) is 0.402. The molecule has 0 saturated heterocycles. The van der Waals surface area contributed by atoms with Gasteiger partial charge in [-0.25, -0.2) is 4.98 Å². The lowest BCUT2D eigenvalue weighted by Crippen LogP contribution is -2.09. The van der Waals surface area contributed by atoms with E-state index in [9.17, 15) is 4.39 Å². The highest BCUT2D eigenvalue weighted by molar-refractivity contribution is 5.77. The Morgan fingerprint density at radius 2 is 1.08 bits per heavy atom. The molecule has 0 atom stereocenters. The van der Waals surface area contributed by atoms with E-state index in [-0.39, 0.29) is 0 Å². The van der Waals surface area contributed by atoms with Crippen LogP contribution in [0.2, 0.25) is 0 Å². The van der Waals surface area contributed by atoms with Crippen molar-refractivity contribution in [1.82, 2.24) is 4.98 Å². The molecule has 3 aromatic carbocycles. The van der Waals surface area contributed by atoms with Gasteiger partial charge < -0.3 is 4.90 Å². The van der Waals surface area contributed by atoms with Gasteiger partial charge in [0.25, 0.3) is 0 Å². The minimum Gasteiger partial charge on any atom is -0.311 e. The summed E-state index contributed by atoms with van der Waals surface area (Å²) in [5, 5.41) is 0. The van der Waals surface area contributed by atoms with Gasteiger partial charge in [-0.1, -0.05) is 54.6 Å². The number of anilines is 3. The van der Waals surface area contributed by atoms with Gasteiger partial charge in [-0.15, -0.1) is 0 Å². The van der Waals surface area contributed by atoms with E-state index in [0.717, 1.165) is 22.6 Å². The lowest BCUT2D eigenvalue weighted by molar-refractivity contribution is 0.585. The van der Waals surface area contributed by atoms with Crippen LogP contribution in [0.15, 0.2) is 103 Å². The van der Waals surface area contributed by atoms with Gasteiger partial charge in [0, 0.05) is 22.6 Å². The molecule has 0 N–H and O–H groups in total. The van der Waals surface area contributed by atoms with Crippen LogP contribution < -0.4 is 4.90 Å². The number of hydrogen-bond donors (Lipinski definition) is 0. The summed E-state index contributed by atoms with van der Waals surface area (Å²) in [6.07, 6.45) is 0. The number of benzene rings is 3. The minimum atomic E-state index is -0.471. The molecule has 0 bridgehead atoms. The Bertz CT molecular complexity index is 944. The number of hydrogen-bond acceptors (Lipinski definition) is 2. The lowest BCUT2D eigenvalue weighted by atomic mass is 10.1. The van der Waals surface area contributed by atoms with Crippen molar-refractivity contribution in [2.45, 2.75) is 0 Å². The summed E-state index contributed by atoms with van der Waals surface area (Å²) in [5.41, 5.74) is 4.70. The predicted octanol–water partition coefficient (Wildman–Crippen LogP) is 6.36. The standard InChI is InChI=1S/C23H17FN2/c24-23-13-7-12-22(25-23)18-14-16-21(17-15-18)26(19-8-3-1-4-9-19)20-10-5-2-6-11-20/h1-17H. The number of aromatic nitrogens is 1. The molecule has 0 aliphatic rings. The highest BCUT2D eigenvalue weighted by Gasteiger charge is 2.12. The normalized spacial score (nSPS) is 10.5. The Kier molecular flexibility index (Phi) is 4.44.